The van der Waals surface area contributed by atoms with Crippen LogP contribution in [0.15, 0.2) is 34.8 Å². The van der Waals surface area contributed by atoms with E-state index in [1.165, 1.54) is 0 Å². The molecule has 0 bridgehead atoms. The average Bonchev–Trinajstić information content (AvgIpc) is 3.36. The van der Waals surface area contributed by atoms with Crippen molar-refractivity contribution in [1.29, 1.82) is 0 Å². The Hall–Kier alpha value is -2.75. The van der Waals surface area contributed by atoms with E-state index in [0.29, 0.717) is 25.7 Å². The van der Waals surface area contributed by atoms with E-state index in [0.717, 1.165) is 5.56 Å². The van der Waals surface area contributed by atoms with E-state index in [1.807, 2.05) is 6.07 Å². The minimum atomic E-state index is -0.947. The van der Waals surface area contributed by atoms with Crippen LogP contribution >= 0.6 is 0 Å². The first-order chi connectivity index (χ1) is 11.5. The molecule has 0 saturated heterocycles. The Morgan fingerprint density at radius 2 is 2.17 bits per heavy atom. The second-order valence-corrected chi connectivity index (χ2v) is 5.79. The number of carbonyl (C=O) groups excluding carboxylic acids is 1. The number of aromatic nitrogens is 1. The van der Waals surface area contributed by atoms with Crippen molar-refractivity contribution in [3.05, 3.63) is 30.1 Å². The van der Waals surface area contributed by atoms with Crippen LogP contribution in [0.1, 0.15) is 31.2 Å². The zero-order chi connectivity index (χ0) is 17.4. The Bertz CT molecular complexity index is 646. The van der Waals surface area contributed by atoms with Crippen LogP contribution in [0.2, 0.25) is 0 Å². The highest BCUT2D eigenvalue weighted by Gasteiger charge is 2.39. The second kappa shape index (κ2) is 8.20. The lowest BCUT2D eigenvalue weighted by atomic mass is 10.00. The molecule has 1 aromatic rings. The lowest BCUT2D eigenvalue weighted by Crippen LogP contribution is -2.34. The highest BCUT2D eigenvalue weighted by atomic mass is 16.4. The fourth-order valence-corrected chi connectivity index (χ4v) is 2.36. The number of hydrogen-bond acceptors (Lipinski definition) is 5. The molecular formula is C17H20N4O3. The SMILES string of the molecule is C#CCCC1(CCC(=O)NCC(Cc2cccnc2)C(=O)O)N=N1. The Kier molecular flexibility index (Phi) is 6.01. The molecule has 1 amide bonds. The predicted octanol–water partition coefficient (Wildman–Crippen LogP) is 1.80. The molecule has 0 spiro atoms. The van der Waals surface area contributed by atoms with Gasteiger partial charge in [-0.3, -0.25) is 14.6 Å². The van der Waals surface area contributed by atoms with Gasteiger partial charge >= 0.3 is 5.97 Å². The summed E-state index contributed by atoms with van der Waals surface area (Å²) in [5.41, 5.74) is 0.328. The molecule has 0 aromatic carbocycles. The summed E-state index contributed by atoms with van der Waals surface area (Å²) < 4.78 is 0. The van der Waals surface area contributed by atoms with E-state index in [9.17, 15) is 14.7 Å². The molecule has 0 aliphatic carbocycles. The standard InChI is InChI=1S/C17H20N4O3/c1-2-3-7-17(20-21-17)8-6-15(22)19-12-14(16(23)24)10-13-5-4-9-18-11-13/h1,4-5,9,11,14H,3,6-8,10,12H2,(H,19,22)(H,23,24). The van der Waals surface area contributed by atoms with Gasteiger partial charge in [0.05, 0.1) is 5.92 Å². The molecule has 1 unspecified atom stereocenters. The maximum Gasteiger partial charge on any atom is 0.308 e. The molecule has 126 valence electrons. The summed E-state index contributed by atoms with van der Waals surface area (Å²) in [7, 11) is 0. The summed E-state index contributed by atoms with van der Waals surface area (Å²) in [6.07, 6.45) is 10.8. The smallest absolute Gasteiger partial charge is 0.308 e. The van der Waals surface area contributed by atoms with E-state index in [-0.39, 0.29) is 18.9 Å². The average molecular weight is 328 g/mol. The summed E-state index contributed by atoms with van der Waals surface area (Å²) in [6, 6.07) is 3.57. The first-order valence-electron chi connectivity index (χ1n) is 7.80. The number of nitrogens with zero attached hydrogens (tertiary/aromatic N) is 3. The van der Waals surface area contributed by atoms with Crippen molar-refractivity contribution in [3.8, 4) is 12.3 Å². The van der Waals surface area contributed by atoms with Crippen LogP contribution in [0, 0.1) is 18.3 Å². The van der Waals surface area contributed by atoms with Gasteiger partial charge < -0.3 is 10.4 Å². The van der Waals surface area contributed by atoms with E-state index in [1.54, 1.807) is 18.5 Å². The number of carbonyl (C=O) groups is 2. The minimum absolute atomic E-state index is 0.0781. The molecule has 0 radical (unpaired) electrons. The number of carboxylic acid groups (broad SMARTS) is 1. The highest BCUT2D eigenvalue weighted by Crippen LogP contribution is 2.37. The maximum absolute atomic E-state index is 11.9. The van der Waals surface area contributed by atoms with Gasteiger partial charge in [-0.1, -0.05) is 6.07 Å². The van der Waals surface area contributed by atoms with Crippen LogP contribution in [0.25, 0.3) is 0 Å². The Morgan fingerprint density at radius 3 is 2.75 bits per heavy atom. The number of rotatable bonds is 10. The van der Waals surface area contributed by atoms with E-state index in [4.69, 9.17) is 6.42 Å². The molecule has 24 heavy (non-hydrogen) atoms. The third-order valence-corrected chi connectivity index (χ3v) is 3.90. The number of nitrogens with one attached hydrogen (secondary N) is 1. The fourth-order valence-electron chi connectivity index (χ4n) is 2.36. The molecule has 2 rings (SSSR count). The lowest BCUT2D eigenvalue weighted by Gasteiger charge is -2.14. The zero-order valence-electron chi connectivity index (χ0n) is 13.3. The predicted molar refractivity (Wildman–Crippen MR) is 87.0 cm³/mol. The molecule has 0 fully saturated rings. The monoisotopic (exact) mass is 328 g/mol. The lowest BCUT2D eigenvalue weighted by molar-refractivity contribution is -0.141. The van der Waals surface area contributed by atoms with Crippen LogP contribution < -0.4 is 5.32 Å². The van der Waals surface area contributed by atoms with Crippen LogP contribution in [-0.4, -0.2) is 34.2 Å². The fraction of sp³-hybridized carbons (Fsp3) is 0.471. The molecule has 7 heteroatoms. The molecule has 1 atom stereocenters. The van der Waals surface area contributed by atoms with Gasteiger partial charge in [-0.25, -0.2) is 0 Å². The topological polar surface area (TPSA) is 104 Å². The zero-order valence-corrected chi connectivity index (χ0v) is 13.3. The van der Waals surface area contributed by atoms with Crippen molar-refractivity contribution in [3.63, 3.8) is 0 Å². The number of aliphatic carboxylic acids is 1. The molecule has 7 nitrogen and oxygen atoms in total. The van der Waals surface area contributed by atoms with Gasteiger partial charge in [-0.15, -0.1) is 12.3 Å². The van der Waals surface area contributed by atoms with Crippen molar-refractivity contribution < 1.29 is 14.7 Å². The van der Waals surface area contributed by atoms with Gasteiger partial charge in [0.25, 0.3) is 0 Å². The Morgan fingerprint density at radius 1 is 1.38 bits per heavy atom. The number of carboxylic acids is 1. The number of amides is 1. The summed E-state index contributed by atoms with van der Waals surface area (Å²) in [5.74, 6) is 0.694. The molecule has 2 heterocycles. The number of terminal acetylenes is 1. The van der Waals surface area contributed by atoms with Crippen molar-refractivity contribution in [2.24, 2.45) is 16.1 Å². The van der Waals surface area contributed by atoms with Crippen LogP contribution in [-0.2, 0) is 16.0 Å². The minimum Gasteiger partial charge on any atom is -0.481 e. The number of hydrogen-bond donors (Lipinski definition) is 2. The quantitative estimate of drug-likeness (QED) is 0.639. The Balaban J connectivity index is 1.74. The summed E-state index contributed by atoms with van der Waals surface area (Å²) in [6.45, 7) is 0.0781. The van der Waals surface area contributed by atoms with Gasteiger partial charge in [0.1, 0.15) is 0 Å². The van der Waals surface area contributed by atoms with Gasteiger partial charge in [-0.05, 0) is 18.1 Å². The van der Waals surface area contributed by atoms with Crippen molar-refractivity contribution in [1.82, 2.24) is 10.3 Å². The van der Waals surface area contributed by atoms with Crippen LogP contribution in [0.4, 0.5) is 0 Å². The van der Waals surface area contributed by atoms with Gasteiger partial charge in [0, 0.05) is 44.6 Å². The number of pyridine rings is 1. The summed E-state index contributed by atoms with van der Waals surface area (Å²) >= 11 is 0. The Labute approximate surface area is 140 Å². The van der Waals surface area contributed by atoms with Crippen LogP contribution in [0.3, 0.4) is 0 Å². The largest absolute Gasteiger partial charge is 0.481 e. The molecular weight excluding hydrogens is 308 g/mol. The first-order valence-corrected chi connectivity index (χ1v) is 7.80. The molecule has 1 aliphatic rings. The second-order valence-electron chi connectivity index (χ2n) is 5.79. The van der Waals surface area contributed by atoms with E-state index in [2.05, 4.69) is 26.4 Å². The van der Waals surface area contributed by atoms with E-state index < -0.39 is 17.6 Å². The molecule has 2 N–H and O–H groups in total. The summed E-state index contributed by atoms with van der Waals surface area (Å²) in [4.78, 5) is 27.2. The molecule has 0 saturated carbocycles. The normalized spacial score (nSPS) is 15.3. The van der Waals surface area contributed by atoms with Crippen molar-refractivity contribution in [2.75, 3.05) is 6.54 Å². The third kappa shape index (κ3) is 5.47. The van der Waals surface area contributed by atoms with E-state index >= 15 is 0 Å². The molecule has 1 aromatic heterocycles. The van der Waals surface area contributed by atoms with Crippen molar-refractivity contribution in [2.45, 2.75) is 37.8 Å². The van der Waals surface area contributed by atoms with Gasteiger partial charge in [-0.2, -0.15) is 10.2 Å². The third-order valence-electron chi connectivity index (χ3n) is 3.90. The van der Waals surface area contributed by atoms with Gasteiger partial charge in [0.2, 0.25) is 5.91 Å². The maximum atomic E-state index is 11.9. The van der Waals surface area contributed by atoms with Crippen LogP contribution in [0.5, 0.6) is 0 Å². The van der Waals surface area contributed by atoms with Gasteiger partial charge in [0.15, 0.2) is 5.66 Å². The molecule has 1 aliphatic heterocycles. The summed E-state index contributed by atoms with van der Waals surface area (Å²) in [5, 5.41) is 19.9. The highest BCUT2D eigenvalue weighted by molar-refractivity contribution is 5.77. The van der Waals surface area contributed by atoms with Crippen molar-refractivity contribution >= 4 is 11.9 Å². The first kappa shape index (κ1) is 17.6.